The lowest BCUT2D eigenvalue weighted by molar-refractivity contribution is -0.118. The normalized spacial score (nSPS) is 16.5. The fraction of sp³-hybridized carbons (Fsp3) is 0.452. The van der Waals surface area contributed by atoms with Gasteiger partial charge in [0.05, 0.1) is 5.76 Å². The second-order valence-electron chi connectivity index (χ2n) is 22.2. The molecule has 4 aromatic rings. The van der Waals surface area contributed by atoms with Crippen molar-refractivity contribution in [2.24, 2.45) is 10.8 Å². The van der Waals surface area contributed by atoms with E-state index in [1.807, 2.05) is 69.2 Å². The van der Waals surface area contributed by atoms with Crippen molar-refractivity contribution >= 4 is 51.1 Å². The van der Waals surface area contributed by atoms with Gasteiger partial charge < -0.3 is 25.3 Å². The van der Waals surface area contributed by atoms with E-state index < -0.39 is 0 Å². The SMILES string of the molecule is CC1=C(O)C(C)(C)CC1=O.CC1=C(O)CC(C)(C)CC1=O.CC1=C(O)c2c(C)c(C)c(C)c(C)c2C1=O.CC1=C(O)c2c(C)c(C)c(C)c3c(C)c(C)c(C)c(c23)C1=O.Cc1cc(N(C)C)cc(C)c1C. The summed E-state index contributed by atoms with van der Waals surface area (Å²) < 4.78 is 0. The van der Waals surface area contributed by atoms with Crippen LogP contribution < -0.4 is 4.90 Å². The van der Waals surface area contributed by atoms with Crippen LogP contribution in [-0.2, 0) is 9.59 Å². The topological polar surface area (TPSA) is 152 Å². The number of ketones is 4. The van der Waals surface area contributed by atoms with Crippen LogP contribution in [0.5, 0.6) is 0 Å². The molecule has 0 bridgehead atoms. The molecular weight excluding hydrogens is 887 g/mol. The molecule has 0 radical (unpaired) electrons. The summed E-state index contributed by atoms with van der Waals surface area (Å²) in [7, 11) is 4.15. The number of aliphatic hydroxyl groups is 4. The molecule has 4 aromatic carbocycles. The second kappa shape index (κ2) is 20.9. The average molecular weight is 968 g/mol. The van der Waals surface area contributed by atoms with Gasteiger partial charge in [-0.3, -0.25) is 19.2 Å². The summed E-state index contributed by atoms with van der Waals surface area (Å²) in [6.07, 6.45) is 1.64. The first-order valence-electron chi connectivity index (χ1n) is 24.6. The van der Waals surface area contributed by atoms with Crippen LogP contribution in [0.15, 0.2) is 45.9 Å². The molecule has 9 heteroatoms. The summed E-state index contributed by atoms with van der Waals surface area (Å²) >= 11 is 0. The highest BCUT2D eigenvalue weighted by Gasteiger charge is 2.37. The number of hydrogen-bond acceptors (Lipinski definition) is 9. The van der Waals surface area contributed by atoms with Gasteiger partial charge in [-0.1, -0.05) is 27.7 Å². The van der Waals surface area contributed by atoms with Crippen molar-refractivity contribution in [1.82, 2.24) is 0 Å². The van der Waals surface area contributed by atoms with Crippen molar-refractivity contribution in [2.45, 2.75) is 165 Å². The van der Waals surface area contributed by atoms with E-state index in [0.29, 0.717) is 47.1 Å². The molecule has 0 unspecified atom stereocenters. The zero-order valence-corrected chi connectivity index (χ0v) is 47.1. The van der Waals surface area contributed by atoms with Crippen molar-refractivity contribution in [1.29, 1.82) is 0 Å². The van der Waals surface area contributed by atoms with E-state index in [2.05, 4.69) is 79.6 Å². The van der Waals surface area contributed by atoms with Crippen LogP contribution in [0.4, 0.5) is 5.69 Å². The third-order valence-corrected chi connectivity index (χ3v) is 16.1. The fourth-order valence-electron chi connectivity index (χ4n) is 10.1. The van der Waals surface area contributed by atoms with Crippen molar-refractivity contribution in [2.75, 3.05) is 19.0 Å². The molecule has 8 rings (SSSR count). The summed E-state index contributed by atoms with van der Waals surface area (Å²) in [6.45, 7) is 41.4. The Hall–Kier alpha value is -6.22. The van der Waals surface area contributed by atoms with Crippen LogP contribution in [0.3, 0.4) is 0 Å². The van der Waals surface area contributed by atoms with Crippen molar-refractivity contribution in [3.8, 4) is 0 Å². The molecule has 382 valence electrons. The lowest BCUT2D eigenvalue weighted by Crippen LogP contribution is -2.24. The van der Waals surface area contributed by atoms with Crippen LogP contribution >= 0.6 is 0 Å². The molecular formula is C62H81NO8. The van der Waals surface area contributed by atoms with Crippen molar-refractivity contribution in [3.63, 3.8) is 0 Å². The third-order valence-electron chi connectivity index (χ3n) is 16.1. The quantitative estimate of drug-likeness (QED) is 0.146. The number of carbonyl (C=O) groups excluding carboxylic acids is 4. The third kappa shape index (κ3) is 10.7. The van der Waals surface area contributed by atoms with Crippen LogP contribution in [0.2, 0.25) is 0 Å². The summed E-state index contributed by atoms with van der Waals surface area (Å²) in [5.41, 5.74) is 21.3. The first kappa shape index (κ1) is 57.4. The molecule has 0 saturated carbocycles. The van der Waals surface area contributed by atoms with Gasteiger partial charge in [0.25, 0.3) is 0 Å². The first-order chi connectivity index (χ1) is 32.5. The van der Waals surface area contributed by atoms with Gasteiger partial charge in [-0.05, 0) is 213 Å². The summed E-state index contributed by atoms with van der Waals surface area (Å²) in [5.74, 6) is 0.911. The van der Waals surface area contributed by atoms with Gasteiger partial charge in [-0.15, -0.1) is 0 Å². The molecule has 4 N–H and O–H groups in total. The van der Waals surface area contributed by atoms with Gasteiger partial charge in [0.1, 0.15) is 17.3 Å². The number of anilines is 1. The molecule has 4 aliphatic carbocycles. The molecule has 0 saturated heterocycles. The van der Waals surface area contributed by atoms with E-state index in [1.165, 1.54) is 44.6 Å². The number of Topliss-reactive ketones (excluding diaryl/α,β-unsaturated/α-hetero) is 4. The number of allylic oxidation sites excluding steroid dienone is 6. The number of hydrogen-bond donors (Lipinski definition) is 4. The Kier molecular flexibility index (Phi) is 16.9. The van der Waals surface area contributed by atoms with Crippen molar-refractivity contribution in [3.05, 3.63) is 141 Å². The minimum absolute atomic E-state index is 0.0313. The van der Waals surface area contributed by atoms with E-state index in [0.717, 1.165) is 60.8 Å². The van der Waals surface area contributed by atoms with Crippen LogP contribution in [0.25, 0.3) is 22.3 Å². The maximum absolute atomic E-state index is 12.8. The molecule has 0 spiro atoms. The molecule has 0 fully saturated rings. The van der Waals surface area contributed by atoms with Crippen LogP contribution in [-0.4, -0.2) is 57.7 Å². The van der Waals surface area contributed by atoms with Crippen LogP contribution in [0, 0.1) is 101 Å². The maximum atomic E-state index is 12.8. The van der Waals surface area contributed by atoms with E-state index in [4.69, 9.17) is 0 Å². The van der Waals surface area contributed by atoms with Gasteiger partial charge in [0.15, 0.2) is 23.1 Å². The number of aliphatic hydroxyl groups excluding tert-OH is 4. The Morgan fingerprint density at radius 1 is 0.408 bits per heavy atom. The molecule has 0 aliphatic heterocycles. The van der Waals surface area contributed by atoms with Gasteiger partial charge in [0.2, 0.25) is 0 Å². The Labute approximate surface area is 424 Å². The second-order valence-corrected chi connectivity index (χ2v) is 22.2. The van der Waals surface area contributed by atoms with E-state index in [-0.39, 0.29) is 57.0 Å². The number of nitrogens with zero attached hydrogens (tertiary/aromatic N) is 1. The number of aryl methyl sites for hydroxylation is 4. The van der Waals surface area contributed by atoms with Gasteiger partial charge in [-0.25, -0.2) is 0 Å². The highest BCUT2D eigenvalue weighted by Crippen LogP contribution is 2.45. The first-order valence-corrected chi connectivity index (χ1v) is 24.6. The monoisotopic (exact) mass is 968 g/mol. The Balaban J connectivity index is 0.000000200. The predicted octanol–water partition coefficient (Wildman–Crippen LogP) is 15.3. The Bertz CT molecular complexity index is 3050. The molecule has 4 aliphatic rings. The minimum atomic E-state index is -0.318. The largest absolute Gasteiger partial charge is 0.512 e. The van der Waals surface area contributed by atoms with Gasteiger partial charge in [-0.2, -0.15) is 0 Å². The summed E-state index contributed by atoms with van der Waals surface area (Å²) in [5, 5.41) is 41.4. The minimum Gasteiger partial charge on any atom is -0.512 e. The molecule has 71 heavy (non-hydrogen) atoms. The molecule has 9 nitrogen and oxygen atoms in total. The Morgan fingerprint density at radius 2 is 0.789 bits per heavy atom. The molecule has 0 aromatic heterocycles. The summed E-state index contributed by atoms with van der Waals surface area (Å²) in [6, 6.07) is 4.45. The number of carbonyl (C=O) groups is 4. The Morgan fingerprint density at radius 3 is 1.18 bits per heavy atom. The number of benzene rings is 4. The van der Waals surface area contributed by atoms with E-state index >= 15 is 0 Å². The number of fused-ring (bicyclic) bond motifs is 1. The van der Waals surface area contributed by atoms with Gasteiger partial charge >= 0.3 is 0 Å². The zero-order valence-electron chi connectivity index (χ0n) is 47.1. The number of rotatable bonds is 1. The highest BCUT2D eigenvalue weighted by molar-refractivity contribution is 6.26. The van der Waals surface area contributed by atoms with Crippen molar-refractivity contribution < 1.29 is 39.6 Å². The molecule has 0 atom stereocenters. The molecule has 0 heterocycles. The molecule has 0 amide bonds. The predicted molar refractivity (Wildman–Crippen MR) is 294 cm³/mol. The van der Waals surface area contributed by atoms with Gasteiger partial charge in [0, 0.05) is 94.4 Å². The average Bonchev–Trinajstić information content (AvgIpc) is 3.62. The smallest absolute Gasteiger partial charge is 0.193 e. The fourth-order valence-corrected chi connectivity index (χ4v) is 10.1. The lowest BCUT2D eigenvalue weighted by atomic mass is 9.77. The van der Waals surface area contributed by atoms with Crippen LogP contribution in [0.1, 0.15) is 179 Å². The summed E-state index contributed by atoms with van der Waals surface area (Å²) in [4.78, 5) is 49.1. The van der Waals surface area contributed by atoms with E-state index in [9.17, 15) is 39.6 Å². The zero-order chi connectivity index (χ0) is 54.6. The maximum Gasteiger partial charge on any atom is 0.193 e. The van der Waals surface area contributed by atoms with E-state index in [1.54, 1.807) is 27.7 Å². The standard InChI is InChI=1S/C20H22O2.C14H16O2.C11H17N.C9H14O2.C8H12O2/c1-8-10(3)15-11(4)9(2)13(6)17-18(15)16(12(8)5)19(21)14(7)20(17)22;1-6-7(2)9(4)12-11(8(6)3)13(15)10(5)14(12)16;1-8-6-11(12(4)5)7-9(2)10(8)3;1-6-7(10)4-9(2,3)5-8(6)11;1-5-6(9)4-8(2,3)7(5)10/h21H,1-7H3;15H,1-5H3;6-7H,1-5H3;10H,4-5H2,1-3H3;10H,4H2,1-3H3. The highest BCUT2D eigenvalue weighted by atomic mass is 16.3. The lowest BCUT2D eigenvalue weighted by Gasteiger charge is -2.28.